The van der Waals surface area contributed by atoms with Crippen LogP contribution in [0.25, 0.3) is 17.2 Å². The number of hydrogen-bond acceptors (Lipinski definition) is 7. The number of hydrogen-bond donors (Lipinski definition) is 0. The van der Waals surface area contributed by atoms with Gasteiger partial charge in [-0.25, -0.2) is 8.78 Å². The van der Waals surface area contributed by atoms with Crippen LogP contribution in [0.1, 0.15) is 12.2 Å². The van der Waals surface area contributed by atoms with E-state index in [1.54, 1.807) is 42.1 Å². The van der Waals surface area contributed by atoms with Crippen molar-refractivity contribution in [2.75, 3.05) is 0 Å². The minimum absolute atomic E-state index is 0.254. The van der Waals surface area contributed by atoms with Crippen molar-refractivity contribution in [3.05, 3.63) is 36.4 Å². The molecule has 0 saturated carbocycles. The largest absolute Gasteiger partial charge is 0.461 e. The minimum Gasteiger partial charge on any atom is -0.461 e. The van der Waals surface area contributed by atoms with Crippen LogP contribution >= 0.6 is 11.8 Å². The van der Waals surface area contributed by atoms with Crippen LogP contribution in [-0.4, -0.2) is 34.6 Å². The molecule has 0 aromatic carbocycles. The fraction of sp³-hybridized carbons (Fsp3) is 0.154. The average Bonchev–Trinajstić information content (AvgIpc) is 3.28. The molecule has 0 atom stereocenters. The van der Waals surface area contributed by atoms with E-state index in [4.69, 9.17) is 4.42 Å². The van der Waals surface area contributed by atoms with Gasteiger partial charge in [0.1, 0.15) is 5.03 Å². The highest BCUT2D eigenvalue weighted by Gasteiger charge is 2.18. The minimum atomic E-state index is -2.76. The Morgan fingerprint density at radius 1 is 1.12 bits per heavy atom. The van der Waals surface area contributed by atoms with Crippen LogP contribution in [-0.2, 0) is 7.05 Å². The predicted octanol–water partition coefficient (Wildman–Crippen LogP) is 2.60. The van der Waals surface area contributed by atoms with Gasteiger partial charge in [-0.1, -0.05) is 0 Å². The van der Waals surface area contributed by atoms with Crippen molar-refractivity contribution < 1.29 is 13.2 Å². The lowest BCUT2D eigenvalue weighted by molar-refractivity contribution is 0.137. The fourth-order valence-electron chi connectivity index (χ4n) is 2.10. The maximum absolute atomic E-state index is 12.9. The molecule has 0 saturated heterocycles. The molecule has 0 amide bonds. The summed E-state index contributed by atoms with van der Waals surface area (Å²) in [5.74, 6) is 0.641. The molecule has 24 heavy (non-hydrogen) atoms. The van der Waals surface area contributed by atoms with Crippen molar-refractivity contribution in [3.63, 3.8) is 0 Å². The third-order valence-corrected chi connectivity index (χ3v) is 4.19. The van der Waals surface area contributed by atoms with Crippen molar-refractivity contribution in [1.82, 2.24) is 34.6 Å². The smallest absolute Gasteiger partial charge is 0.299 e. The Morgan fingerprint density at radius 2 is 2.00 bits per heavy atom. The topological polar surface area (TPSA) is 86.9 Å². The van der Waals surface area contributed by atoms with Crippen LogP contribution < -0.4 is 0 Å². The molecule has 122 valence electrons. The van der Waals surface area contributed by atoms with Crippen molar-refractivity contribution in [2.45, 2.75) is 16.6 Å². The molecular weight excluding hydrogens is 340 g/mol. The van der Waals surface area contributed by atoms with E-state index >= 15 is 0 Å². The molecule has 0 radical (unpaired) electrons. The third-order valence-electron chi connectivity index (χ3n) is 3.23. The molecule has 0 aliphatic carbocycles. The first-order chi connectivity index (χ1) is 11.6. The Bertz CT molecular complexity index is 995. The van der Waals surface area contributed by atoms with Gasteiger partial charge in [-0.15, -0.1) is 20.4 Å². The molecule has 0 unspecified atom stereocenters. The first-order valence-corrected chi connectivity index (χ1v) is 7.57. The van der Waals surface area contributed by atoms with Crippen molar-refractivity contribution in [1.29, 1.82) is 0 Å². The van der Waals surface area contributed by atoms with Gasteiger partial charge in [-0.05, 0) is 36.0 Å². The van der Waals surface area contributed by atoms with Gasteiger partial charge >= 0.3 is 0 Å². The number of aromatic nitrogens is 7. The standard InChI is InChI=1S/C13H9F2N7OS/c1-21-11(7-3-2-6-23-7)17-19-13(21)24-9-5-4-8-16-18-12(10(14)15)22(8)20-9/h2-6,10H,1H3. The van der Waals surface area contributed by atoms with Gasteiger partial charge in [-0.2, -0.15) is 9.61 Å². The Hall–Kier alpha value is -2.82. The van der Waals surface area contributed by atoms with Gasteiger partial charge < -0.3 is 8.98 Å². The molecule has 0 N–H and O–H groups in total. The van der Waals surface area contributed by atoms with E-state index in [0.717, 1.165) is 4.52 Å². The molecule has 0 fully saturated rings. The third kappa shape index (κ3) is 2.42. The second-order valence-corrected chi connectivity index (χ2v) is 5.73. The normalized spacial score (nSPS) is 11.7. The Morgan fingerprint density at radius 3 is 2.75 bits per heavy atom. The summed E-state index contributed by atoms with van der Waals surface area (Å²) in [5.41, 5.74) is 0.254. The van der Waals surface area contributed by atoms with E-state index in [-0.39, 0.29) is 5.65 Å². The zero-order valence-electron chi connectivity index (χ0n) is 12.2. The summed E-state index contributed by atoms with van der Waals surface area (Å²) >= 11 is 1.19. The fourth-order valence-corrected chi connectivity index (χ4v) is 2.85. The Kier molecular flexibility index (Phi) is 3.49. The summed E-state index contributed by atoms with van der Waals surface area (Å²) in [6.07, 6.45) is -1.21. The SMILES string of the molecule is Cn1c(Sc2ccc3nnc(C(F)F)n3n2)nnc1-c1ccco1. The van der Waals surface area contributed by atoms with Crippen molar-refractivity contribution in [2.24, 2.45) is 7.05 Å². The summed E-state index contributed by atoms with van der Waals surface area (Å²) in [6.45, 7) is 0. The van der Waals surface area contributed by atoms with E-state index in [9.17, 15) is 8.78 Å². The molecule has 4 aromatic heterocycles. The van der Waals surface area contributed by atoms with Crippen LogP contribution in [0.5, 0.6) is 0 Å². The van der Waals surface area contributed by atoms with Gasteiger partial charge in [-0.3, -0.25) is 0 Å². The van der Waals surface area contributed by atoms with Crippen LogP contribution in [0.2, 0.25) is 0 Å². The number of furan rings is 1. The summed E-state index contributed by atoms with van der Waals surface area (Å²) in [5, 5.41) is 20.4. The van der Waals surface area contributed by atoms with Crippen molar-refractivity contribution >= 4 is 17.4 Å². The van der Waals surface area contributed by atoms with E-state index in [1.807, 2.05) is 0 Å². The zero-order valence-corrected chi connectivity index (χ0v) is 13.0. The highest BCUT2D eigenvalue weighted by Crippen LogP contribution is 2.28. The zero-order chi connectivity index (χ0) is 16.7. The lowest BCUT2D eigenvalue weighted by Gasteiger charge is -2.03. The number of halogens is 2. The van der Waals surface area contributed by atoms with E-state index in [2.05, 4.69) is 25.5 Å². The number of rotatable bonds is 4. The second-order valence-electron chi connectivity index (χ2n) is 4.75. The first-order valence-electron chi connectivity index (χ1n) is 6.75. The van der Waals surface area contributed by atoms with Gasteiger partial charge in [0.15, 0.2) is 22.4 Å². The monoisotopic (exact) mass is 349 g/mol. The number of fused-ring (bicyclic) bond motifs is 1. The number of nitrogens with zero attached hydrogens (tertiary/aromatic N) is 7. The maximum Gasteiger partial charge on any atom is 0.299 e. The van der Waals surface area contributed by atoms with Crippen LogP contribution in [0.4, 0.5) is 8.78 Å². The van der Waals surface area contributed by atoms with Crippen LogP contribution in [0.3, 0.4) is 0 Å². The van der Waals surface area contributed by atoms with Crippen molar-refractivity contribution in [3.8, 4) is 11.6 Å². The Balaban J connectivity index is 1.68. The van der Waals surface area contributed by atoms with Gasteiger partial charge in [0, 0.05) is 7.05 Å². The summed E-state index contributed by atoms with van der Waals surface area (Å²) in [4.78, 5) is 0. The average molecular weight is 349 g/mol. The molecule has 4 rings (SSSR count). The summed E-state index contributed by atoms with van der Waals surface area (Å²) < 4.78 is 33.9. The molecule has 0 spiro atoms. The van der Waals surface area contributed by atoms with E-state index in [0.29, 0.717) is 21.8 Å². The van der Waals surface area contributed by atoms with Crippen LogP contribution in [0.15, 0.2) is 45.1 Å². The predicted molar refractivity (Wildman–Crippen MR) is 78.6 cm³/mol. The maximum atomic E-state index is 12.9. The van der Waals surface area contributed by atoms with Gasteiger partial charge in [0.25, 0.3) is 6.43 Å². The molecule has 11 heteroatoms. The molecular formula is C13H9F2N7OS. The van der Waals surface area contributed by atoms with Crippen LogP contribution in [0, 0.1) is 0 Å². The number of alkyl halides is 2. The Labute approximate surface area is 137 Å². The molecule has 8 nitrogen and oxygen atoms in total. The molecule has 0 aliphatic heterocycles. The quantitative estimate of drug-likeness (QED) is 0.559. The van der Waals surface area contributed by atoms with E-state index in [1.165, 1.54) is 11.8 Å². The first kappa shape index (κ1) is 14.8. The second kappa shape index (κ2) is 5.67. The van der Waals surface area contributed by atoms with E-state index < -0.39 is 12.2 Å². The summed E-state index contributed by atoms with van der Waals surface area (Å²) in [6, 6.07) is 6.75. The molecule has 4 aromatic rings. The summed E-state index contributed by atoms with van der Waals surface area (Å²) in [7, 11) is 1.78. The highest BCUT2D eigenvalue weighted by atomic mass is 32.2. The molecule has 0 bridgehead atoms. The van der Waals surface area contributed by atoms with Gasteiger partial charge in [0.05, 0.1) is 6.26 Å². The lowest BCUT2D eigenvalue weighted by Crippen LogP contribution is -2.01. The van der Waals surface area contributed by atoms with Gasteiger partial charge in [0.2, 0.25) is 5.82 Å². The molecule has 4 heterocycles. The lowest BCUT2D eigenvalue weighted by atomic mass is 10.4. The highest BCUT2D eigenvalue weighted by molar-refractivity contribution is 7.99. The molecule has 0 aliphatic rings.